The summed E-state index contributed by atoms with van der Waals surface area (Å²) in [6.07, 6.45) is 4.40. The molecule has 0 aliphatic heterocycles. The van der Waals surface area contributed by atoms with Crippen LogP contribution in [-0.4, -0.2) is 0 Å². The highest BCUT2D eigenvalue weighted by Crippen LogP contribution is 2.22. The second-order valence-corrected chi connectivity index (χ2v) is 5.51. The van der Waals surface area contributed by atoms with Gasteiger partial charge in [0.2, 0.25) is 5.69 Å². The van der Waals surface area contributed by atoms with Crippen molar-refractivity contribution >= 4 is 10.8 Å². The molecule has 0 N–H and O–H groups in total. The first kappa shape index (κ1) is 13.8. The Morgan fingerprint density at radius 3 is 2.29 bits per heavy atom. The third-order valence-corrected chi connectivity index (χ3v) is 4.26. The van der Waals surface area contributed by atoms with Gasteiger partial charge in [-0.25, -0.2) is 0 Å². The van der Waals surface area contributed by atoms with Gasteiger partial charge >= 0.3 is 0 Å². The van der Waals surface area contributed by atoms with Crippen LogP contribution in [0.2, 0.25) is 0 Å². The molecule has 0 fully saturated rings. The lowest BCUT2D eigenvalue weighted by Gasteiger charge is -2.11. The van der Waals surface area contributed by atoms with Crippen molar-refractivity contribution in [1.29, 1.82) is 0 Å². The monoisotopic (exact) mass is 276 g/mol. The molecule has 106 valence electrons. The van der Waals surface area contributed by atoms with E-state index in [9.17, 15) is 0 Å². The second kappa shape index (κ2) is 5.69. The Labute approximate surface area is 126 Å². The molecule has 21 heavy (non-hydrogen) atoms. The van der Waals surface area contributed by atoms with Crippen molar-refractivity contribution in [2.75, 3.05) is 0 Å². The van der Waals surface area contributed by atoms with Crippen molar-refractivity contribution in [2.45, 2.75) is 33.6 Å². The minimum atomic E-state index is 1.04. The molecule has 0 saturated carbocycles. The Morgan fingerprint density at radius 2 is 1.57 bits per heavy atom. The maximum absolute atomic E-state index is 2.39. The first-order valence-corrected chi connectivity index (χ1v) is 7.77. The maximum atomic E-state index is 2.39. The molecule has 0 amide bonds. The average Bonchev–Trinajstić information content (AvgIpc) is 2.53. The van der Waals surface area contributed by atoms with Gasteiger partial charge in [0.25, 0.3) is 0 Å². The number of aromatic nitrogens is 1. The van der Waals surface area contributed by atoms with Crippen molar-refractivity contribution in [1.82, 2.24) is 0 Å². The van der Waals surface area contributed by atoms with Gasteiger partial charge < -0.3 is 0 Å². The lowest BCUT2D eigenvalue weighted by Crippen LogP contribution is -2.37. The normalized spacial score (nSPS) is 11.0. The molecule has 1 nitrogen and oxygen atoms in total. The van der Waals surface area contributed by atoms with E-state index in [-0.39, 0.29) is 0 Å². The summed E-state index contributed by atoms with van der Waals surface area (Å²) in [6.45, 7) is 6.68. The van der Waals surface area contributed by atoms with Crippen LogP contribution in [0.4, 0.5) is 0 Å². The minimum Gasteiger partial charge on any atom is -0.163 e. The van der Waals surface area contributed by atoms with Gasteiger partial charge in [0.1, 0.15) is 0 Å². The zero-order valence-corrected chi connectivity index (χ0v) is 13.1. The molecule has 0 spiro atoms. The SMILES string of the molecule is CCc1c(CC)[n+](-c2ccccc2C)cc2ccccc12. The summed E-state index contributed by atoms with van der Waals surface area (Å²) in [5.41, 5.74) is 5.49. The lowest BCUT2D eigenvalue weighted by molar-refractivity contribution is -0.603. The topological polar surface area (TPSA) is 3.88 Å². The average molecular weight is 276 g/mol. The fourth-order valence-corrected chi connectivity index (χ4v) is 3.23. The number of benzene rings is 2. The van der Waals surface area contributed by atoms with Crippen LogP contribution in [0.5, 0.6) is 0 Å². The van der Waals surface area contributed by atoms with Crippen LogP contribution in [-0.2, 0) is 12.8 Å². The highest BCUT2D eigenvalue weighted by atomic mass is 15.0. The fourth-order valence-electron chi connectivity index (χ4n) is 3.23. The van der Waals surface area contributed by atoms with Gasteiger partial charge in [0.05, 0.1) is 0 Å². The Balaban J connectivity index is 2.40. The molecule has 0 bridgehead atoms. The van der Waals surface area contributed by atoms with Gasteiger partial charge in [-0.1, -0.05) is 50.2 Å². The number of pyridine rings is 1. The summed E-state index contributed by atoms with van der Waals surface area (Å²) < 4.78 is 2.39. The van der Waals surface area contributed by atoms with Gasteiger partial charge in [-0.2, -0.15) is 4.57 Å². The predicted octanol–water partition coefficient (Wildman–Crippen LogP) is 4.55. The van der Waals surface area contributed by atoms with Crippen LogP contribution >= 0.6 is 0 Å². The van der Waals surface area contributed by atoms with Gasteiger partial charge in [-0.3, -0.25) is 0 Å². The summed E-state index contributed by atoms with van der Waals surface area (Å²) in [5.74, 6) is 0. The van der Waals surface area contributed by atoms with E-state index in [4.69, 9.17) is 0 Å². The third kappa shape index (κ3) is 2.33. The Kier molecular flexibility index (Phi) is 3.74. The number of rotatable bonds is 3. The van der Waals surface area contributed by atoms with Crippen LogP contribution < -0.4 is 4.57 Å². The highest BCUT2D eigenvalue weighted by Gasteiger charge is 2.20. The molecule has 0 unspecified atom stereocenters. The molecule has 0 aliphatic carbocycles. The molecule has 1 heteroatoms. The summed E-state index contributed by atoms with van der Waals surface area (Å²) in [5, 5.41) is 2.71. The summed E-state index contributed by atoms with van der Waals surface area (Å²) >= 11 is 0. The first-order valence-electron chi connectivity index (χ1n) is 7.77. The van der Waals surface area contributed by atoms with E-state index in [1.54, 1.807) is 0 Å². The first-order chi connectivity index (χ1) is 10.3. The van der Waals surface area contributed by atoms with Crippen LogP contribution in [0.25, 0.3) is 16.5 Å². The van der Waals surface area contributed by atoms with E-state index in [0.717, 1.165) is 12.8 Å². The van der Waals surface area contributed by atoms with Crippen molar-refractivity contribution in [3.63, 3.8) is 0 Å². The van der Waals surface area contributed by atoms with E-state index in [1.807, 2.05) is 0 Å². The van der Waals surface area contributed by atoms with E-state index >= 15 is 0 Å². The quantitative estimate of drug-likeness (QED) is 0.618. The molecule has 0 atom stereocenters. The summed E-state index contributed by atoms with van der Waals surface area (Å²) in [4.78, 5) is 0. The molecule has 3 rings (SSSR count). The fraction of sp³-hybridized carbons (Fsp3) is 0.250. The van der Waals surface area contributed by atoms with Crippen LogP contribution in [0.3, 0.4) is 0 Å². The standard InChI is InChI=1S/C20H22N/c1-4-17-18-12-8-7-11-16(18)14-21(19(17)5-2)20-13-9-6-10-15(20)3/h6-14H,4-5H2,1-3H3/q+1. The van der Waals surface area contributed by atoms with E-state index in [1.165, 1.54) is 33.3 Å². The predicted molar refractivity (Wildman–Crippen MR) is 89.0 cm³/mol. The maximum Gasteiger partial charge on any atom is 0.213 e. The molecule has 0 aliphatic rings. The zero-order chi connectivity index (χ0) is 14.8. The lowest BCUT2D eigenvalue weighted by atomic mass is 9.99. The number of hydrogen-bond donors (Lipinski definition) is 0. The molecular weight excluding hydrogens is 254 g/mol. The summed E-state index contributed by atoms with van der Waals surface area (Å²) in [6, 6.07) is 17.3. The van der Waals surface area contributed by atoms with E-state index in [2.05, 4.69) is 80.1 Å². The highest BCUT2D eigenvalue weighted by molar-refractivity contribution is 5.84. The number of hydrogen-bond acceptors (Lipinski definition) is 0. The Morgan fingerprint density at radius 1 is 0.857 bits per heavy atom. The number of para-hydroxylation sites is 1. The summed E-state index contributed by atoms with van der Waals surface area (Å²) in [7, 11) is 0. The molecule has 0 saturated heterocycles. The largest absolute Gasteiger partial charge is 0.213 e. The van der Waals surface area contributed by atoms with Crippen LogP contribution in [0.15, 0.2) is 54.7 Å². The molecule has 1 heterocycles. The smallest absolute Gasteiger partial charge is 0.163 e. The van der Waals surface area contributed by atoms with Crippen LogP contribution in [0, 0.1) is 6.92 Å². The number of aryl methyl sites for hydroxylation is 2. The van der Waals surface area contributed by atoms with Crippen molar-refractivity contribution in [2.24, 2.45) is 0 Å². The van der Waals surface area contributed by atoms with E-state index in [0.29, 0.717) is 0 Å². The number of fused-ring (bicyclic) bond motifs is 1. The van der Waals surface area contributed by atoms with Gasteiger partial charge in [0.15, 0.2) is 11.9 Å². The van der Waals surface area contributed by atoms with Crippen molar-refractivity contribution in [3.8, 4) is 5.69 Å². The molecule has 1 aromatic heterocycles. The van der Waals surface area contributed by atoms with Gasteiger partial charge in [-0.15, -0.1) is 0 Å². The Bertz CT molecular complexity index is 787. The van der Waals surface area contributed by atoms with Gasteiger partial charge in [0, 0.05) is 29.0 Å². The zero-order valence-electron chi connectivity index (χ0n) is 13.1. The molecule has 3 aromatic rings. The molecule has 0 radical (unpaired) electrons. The van der Waals surface area contributed by atoms with Crippen molar-refractivity contribution < 1.29 is 4.57 Å². The second-order valence-electron chi connectivity index (χ2n) is 5.51. The molecule has 2 aromatic carbocycles. The number of nitrogens with zero attached hydrogens (tertiary/aromatic N) is 1. The third-order valence-electron chi connectivity index (χ3n) is 4.26. The van der Waals surface area contributed by atoms with Crippen molar-refractivity contribution in [3.05, 3.63) is 71.5 Å². The Hall–Kier alpha value is -2.15. The van der Waals surface area contributed by atoms with Crippen LogP contribution in [0.1, 0.15) is 30.7 Å². The van der Waals surface area contributed by atoms with Gasteiger partial charge in [-0.05, 0) is 24.8 Å². The van der Waals surface area contributed by atoms with E-state index < -0.39 is 0 Å². The molecular formula is C20H22N+. The minimum absolute atomic E-state index is 1.04.